The van der Waals surface area contributed by atoms with Crippen molar-refractivity contribution in [2.45, 2.75) is 62.1 Å². The molecule has 1 aliphatic heterocycles. The Morgan fingerprint density at radius 1 is 1.15 bits per heavy atom. The lowest BCUT2D eigenvalue weighted by Crippen LogP contribution is -2.49. The summed E-state index contributed by atoms with van der Waals surface area (Å²) < 4.78 is 34.3. The highest BCUT2D eigenvalue weighted by atomic mass is 32.2. The second kappa shape index (κ2) is 12.1. The van der Waals surface area contributed by atoms with E-state index < -0.39 is 28.0 Å². The summed E-state index contributed by atoms with van der Waals surface area (Å²) >= 11 is 1.67. The van der Waals surface area contributed by atoms with Crippen molar-refractivity contribution in [3.05, 3.63) is 59.7 Å². The molecule has 3 rings (SSSR count). The highest BCUT2D eigenvalue weighted by molar-refractivity contribution is 7.99. The lowest BCUT2D eigenvalue weighted by Gasteiger charge is -2.42. The molecule has 8 heteroatoms. The fourth-order valence-corrected chi connectivity index (χ4v) is 7.46. The number of ether oxygens (including phenoxy) is 1. The number of methoxy groups -OCH3 is 1. The molecule has 0 unspecified atom stereocenters. The average Bonchev–Trinajstić information content (AvgIpc) is 2.83. The summed E-state index contributed by atoms with van der Waals surface area (Å²) in [7, 11) is -2.32. The summed E-state index contributed by atoms with van der Waals surface area (Å²) in [5.41, 5.74) is 1.78. The third kappa shape index (κ3) is 6.34. The first-order chi connectivity index (χ1) is 16.3. The minimum absolute atomic E-state index is 0.0555. The van der Waals surface area contributed by atoms with Crippen LogP contribution in [0.5, 0.6) is 5.75 Å². The van der Waals surface area contributed by atoms with Gasteiger partial charge in [0.1, 0.15) is 5.75 Å². The molecule has 1 saturated heterocycles. The molecule has 0 saturated carbocycles. The number of unbranched alkanes of at least 4 members (excludes halogenated alkanes) is 3. The number of carbonyl (C=O) groups is 1. The Morgan fingerprint density at radius 3 is 2.53 bits per heavy atom. The maximum absolute atomic E-state index is 13.7. The molecule has 0 bridgehead atoms. The van der Waals surface area contributed by atoms with Crippen molar-refractivity contribution in [1.82, 2.24) is 4.31 Å². The van der Waals surface area contributed by atoms with Crippen LogP contribution in [-0.2, 0) is 14.8 Å². The van der Waals surface area contributed by atoms with E-state index in [4.69, 9.17) is 4.74 Å². The van der Waals surface area contributed by atoms with Crippen LogP contribution in [0, 0.1) is 12.8 Å². The van der Waals surface area contributed by atoms with Crippen LogP contribution in [-0.4, -0.2) is 48.5 Å². The van der Waals surface area contributed by atoms with Crippen LogP contribution < -0.4 is 4.74 Å². The second-order valence-electron chi connectivity index (χ2n) is 8.83. The Balaban J connectivity index is 1.96. The van der Waals surface area contributed by atoms with E-state index in [-0.39, 0.29) is 16.7 Å². The largest absolute Gasteiger partial charge is 0.497 e. The van der Waals surface area contributed by atoms with Gasteiger partial charge in [0.2, 0.25) is 10.0 Å². The van der Waals surface area contributed by atoms with Crippen LogP contribution in [0.4, 0.5) is 0 Å². The topological polar surface area (TPSA) is 83.9 Å². The SMILES string of the molecule is CCCCCCS[C@@H]1C[C@@H](c2cccc(OC)c2)N(S(=O)(=O)c2ccc(C)cc2)C[C@H]1C(=O)O. The van der Waals surface area contributed by atoms with Gasteiger partial charge in [0.05, 0.1) is 24.0 Å². The van der Waals surface area contributed by atoms with Gasteiger partial charge in [-0.2, -0.15) is 16.1 Å². The van der Waals surface area contributed by atoms with Crippen LogP contribution in [0.25, 0.3) is 0 Å². The number of carboxylic acids is 1. The summed E-state index contributed by atoms with van der Waals surface area (Å²) in [6.45, 7) is 4.01. The third-order valence-corrected chi connectivity index (χ3v) is 9.74. The number of piperidine rings is 1. The second-order valence-corrected chi connectivity index (χ2v) is 12.1. The van der Waals surface area contributed by atoms with Gasteiger partial charge in [-0.3, -0.25) is 4.79 Å². The molecule has 2 aromatic rings. The molecule has 0 amide bonds. The summed E-state index contributed by atoms with van der Waals surface area (Å²) in [5.74, 6) is -0.184. The maximum atomic E-state index is 13.7. The predicted molar refractivity (Wildman–Crippen MR) is 137 cm³/mol. The van der Waals surface area contributed by atoms with E-state index in [0.29, 0.717) is 12.2 Å². The highest BCUT2D eigenvalue weighted by Crippen LogP contribution is 2.43. The predicted octanol–water partition coefficient (Wildman–Crippen LogP) is 5.52. The molecular weight excluding hydrogens is 470 g/mol. The summed E-state index contributed by atoms with van der Waals surface area (Å²) in [4.78, 5) is 12.4. The summed E-state index contributed by atoms with van der Waals surface area (Å²) in [5, 5.41) is 9.86. The summed E-state index contributed by atoms with van der Waals surface area (Å²) in [6.07, 6.45) is 4.92. The van der Waals surface area contributed by atoms with E-state index >= 15 is 0 Å². The molecule has 2 aromatic carbocycles. The molecule has 186 valence electrons. The smallest absolute Gasteiger partial charge is 0.308 e. The number of thioether (sulfide) groups is 1. The van der Waals surface area contributed by atoms with Crippen LogP contribution in [0.2, 0.25) is 0 Å². The van der Waals surface area contributed by atoms with Crippen molar-refractivity contribution in [3.8, 4) is 5.75 Å². The van der Waals surface area contributed by atoms with Gasteiger partial charge in [0.15, 0.2) is 0 Å². The molecule has 0 spiro atoms. The number of rotatable bonds is 11. The number of carboxylic acid groups (broad SMARTS) is 1. The summed E-state index contributed by atoms with van der Waals surface area (Å²) in [6, 6.07) is 13.7. The fraction of sp³-hybridized carbons (Fsp3) is 0.500. The van der Waals surface area contributed by atoms with Gasteiger partial charge >= 0.3 is 5.97 Å². The Morgan fingerprint density at radius 2 is 1.88 bits per heavy atom. The monoisotopic (exact) mass is 505 g/mol. The normalized spacial score (nSPS) is 21.3. The molecule has 3 atom stereocenters. The molecule has 1 aliphatic rings. The molecule has 0 aliphatic carbocycles. The zero-order chi connectivity index (χ0) is 24.7. The van der Waals surface area contributed by atoms with Crippen molar-refractivity contribution >= 4 is 27.8 Å². The molecule has 1 fully saturated rings. The molecule has 1 N–H and O–H groups in total. The number of aryl methyl sites for hydroxylation is 1. The van der Waals surface area contributed by atoms with Gasteiger partial charge in [0.25, 0.3) is 0 Å². The molecule has 0 aromatic heterocycles. The van der Waals surface area contributed by atoms with Gasteiger partial charge in [-0.25, -0.2) is 8.42 Å². The molecule has 34 heavy (non-hydrogen) atoms. The van der Waals surface area contributed by atoms with Crippen molar-refractivity contribution < 1.29 is 23.1 Å². The van der Waals surface area contributed by atoms with Gasteiger partial charge in [-0.1, -0.05) is 56.0 Å². The minimum Gasteiger partial charge on any atom is -0.497 e. The highest BCUT2D eigenvalue weighted by Gasteiger charge is 2.45. The van der Waals surface area contributed by atoms with Gasteiger partial charge in [-0.15, -0.1) is 0 Å². The van der Waals surface area contributed by atoms with Crippen LogP contribution in [0.15, 0.2) is 53.4 Å². The number of nitrogens with zero attached hydrogens (tertiary/aromatic N) is 1. The number of sulfonamides is 1. The zero-order valence-corrected chi connectivity index (χ0v) is 21.8. The van der Waals surface area contributed by atoms with E-state index in [1.165, 1.54) is 10.7 Å². The zero-order valence-electron chi connectivity index (χ0n) is 20.1. The lowest BCUT2D eigenvalue weighted by atomic mass is 9.90. The molecule has 6 nitrogen and oxygen atoms in total. The average molecular weight is 506 g/mol. The standard InChI is InChI=1S/C26H35NO5S2/c1-4-5-6-7-15-33-25-17-24(20-9-8-10-21(16-20)32-3)27(18-23(25)26(28)29)34(30,31)22-13-11-19(2)12-14-22/h8-14,16,23-25H,4-7,15,17-18H2,1-3H3,(H,28,29)/t23-,24+,25-/m1/s1. The van der Waals surface area contributed by atoms with Gasteiger partial charge < -0.3 is 9.84 Å². The van der Waals surface area contributed by atoms with Crippen molar-refractivity contribution in [2.75, 3.05) is 19.4 Å². The van der Waals surface area contributed by atoms with E-state index in [9.17, 15) is 18.3 Å². The lowest BCUT2D eigenvalue weighted by molar-refractivity contribution is -0.143. The minimum atomic E-state index is -3.90. The Labute approximate surface area is 207 Å². The number of aliphatic carboxylic acids is 1. The first kappa shape index (κ1) is 26.6. The fourth-order valence-electron chi connectivity index (χ4n) is 4.39. The third-order valence-electron chi connectivity index (χ3n) is 6.38. The van der Waals surface area contributed by atoms with Crippen LogP contribution in [0.1, 0.15) is 56.2 Å². The van der Waals surface area contributed by atoms with Gasteiger partial charge in [-0.05, 0) is 55.3 Å². The molecule has 1 heterocycles. The van der Waals surface area contributed by atoms with Crippen LogP contribution >= 0.6 is 11.8 Å². The Kier molecular flexibility index (Phi) is 9.45. The quantitative estimate of drug-likeness (QED) is 0.405. The Bertz CT molecular complexity index is 1060. The number of hydrogen-bond acceptors (Lipinski definition) is 5. The van der Waals surface area contributed by atoms with E-state index in [1.54, 1.807) is 43.1 Å². The molecular formula is C26H35NO5S2. The van der Waals surface area contributed by atoms with Crippen molar-refractivity contribution in [2.24, 2.45) is 5.92 Å². The number of hydrogen-bond donors (Lipinski definition) is 1. The van der Waals surface area contributed by atoms with E-state index in [0.717, 1.165) is 36.1 Å². The Hall–Kier alpha value is -2.03. The van der Waals surface area contributed by atoms with Crippen molar-refractivity contribution in [3.63, 3.8) is 0 Å². The number of benzene rings is 2. The van der Waals surface area contributed by atoms with Crippen LogP contribution in [0.3, 0.4) is 0 Å². The van der Waals surface area contributed by atoms with E-state index in [2.05, 4.69) is 6.92 Å². The first-order valence-corrected chi connectivity index (χ1v) is 14.3. The maximum Gasteiger partial charge on any atom is 0.308 e. The van der Waals surface area contributed by atoms with Crippen molar-refractivity contribution in [1.29, 1.82) is 0 Å². The van der Waals surface area contributed by atoms with Gasteiger partial charge in [0, 0.05) is 11.8 Å². The first-order valence-electron chi connectivity index (χ1n) is 11.8. The van der Waals surface area contributed by atoms with E-state index in [1.807, 2.05) is 31.2 Å². The molecule has 0 radical (unpaired) electrons.